The van der Waals surface area contributed by atoms with Gasteiger partial charge < -0.3 is 14.9 Å². The first-order valence-corrected chi connectivity index (χ1v) is 7.89. The molecule has 24 heavy (non-hydrogen) atoms. The van der Waals surface area contributed by atoms with Crippen LogP contribution in [0.1, 0.15) is 16.7 Å². The van der Waals surface area contributed by atoms with Gasteiger partial charge in [0.15, 0.2) is 18.1 Å². The number of phenols is 2. The molecule has 0 spiro atoms. The Kier molecular flexibility index (Phi) is 5.81. The minimum Gasteiger partial charge on any atom is -0.504 e. The molecule has 0 unspecified atom stereocenters. The third-order valence-corrected chi connectivity index (χ3v) is 3.63. The van der Waals surface area contributed by atoms with Gasteiger partial charge in [0.25, 0.3) is 5.91 Å². The van der Waals surface area contributed by atoms with Crippen LogP contribution in [0.15, 0.2) is 39.9 Å². The molecule has 0 aliphatic carbocycles. The minimum absolute atomic E-state index is 0.165. The number of hydrazone groups is 1. The van der Waals surface area contributed by atoms with Crippen LogP contribution >= 0.6 is 15.9 Å². The van der Waals surface area contributed by atoms with Crippen LogP contribution in [-0.4, -0.2) is 28.9 Å². The van der Waals surface area contributed by atoms with Crippen molar-refractivity contribution in [3.8, 4) is 17.2 Å². The maximum atomic E-state index is 11.8. The highest BCUT2D eigenvalue weighted by atomic mass is 79.9. The second-order valence-electron chi connectivity index (χ2n) is 5.20. The molecule has 0 aliphatic rings. The van der Waals surface area contributed by atoms with E-state index in [0.29, 0.717) is 11.3 Å². The average molecular weight is 393 g/mol. The van der Waals surface area contributed by atoms with E-state index in [1.54, 1.807) is 6.07 Å². The summed E-state index contributed by atoms with van der Waals surface area (Å²) in [5, 5.41) is 22.4. The Morgan fingerprint density at radius 1 is 1.21 bits per heavy atom. The highest BCUT2D eigenvalue weighted by molar-refractivity contribution is 9.10. The molecule has 0 bridgehead atoms. The Morgan fingerprint density at radius 2 is 1.88 bits per heavy atom. The Labute approximate surface area is 147 Å². The third kappa shape index (κ3) is 4.73. The largest absolute Gasteiger partial charge is 0.504 e. The summed E-state index contributed by atoms with van der Waals surface area (Å²) in [5.41, 5.74) is 4.73. The van der Waals surface area contributed by atoms with Crippen LogP contribution in [0.2, 0.25) is 0 Å². The summed E-state index contributed by atoms with van der Waals surface area (Å²) in [7, 11) is 0. The van der Waals surface area contributed by atoms with Gasteiger partial charge in [0.1, 0.15) is 5.75 Å². The van der Waals surface area contributed by atoms with Gasteiger partial charge in [-0.2, -0.15) is 5.10 Å². The van der Waals surface area contributed by atoms with Gasteiger partial charge in [-0.25, -0.2) is 5.43 Å². The van der Waals surface area contributed by atoms with Crippen molar-refractivity contribution < 1.29 is 19.7 Å². The van der Waals surface area contributed by atoms with Crippen molar-refractivity contribution in [2.45, 2.75) is 13.8 Å². The molecule has 126 valence electrons. The predicted molar refractivity (Wildman–Crippen MR) is 94.6 cm³/mol. The Morgan fingerprint density at radius 3 is 2.50 bits per heavy atom. The summed E-state index contributed by atoms with van der Waals surface area (Å²) < 4.78 is 6.50. The van der Waals surface area contributed by atoms with Gasteiger partial charge in [-0.05, 0) is 60.9 Å². The van der Waals surface area contributed by atoms with Crippen LogP contribution < -0.4 is 10.2 Å². The first-order valence-electron chi connectivity index (χ1n) is 7.10. The number of nitrogens with zero attached hydrogens (tertiary/aromatic N) is 1. The molecule has 0 radical (unpaired) electrons. The highest BCUT2D eigenvalue weighted by Gasteiger charge is 2.08. The molecule has 7 heteroatoms. The van der Waals surface area contributed by atoms with Gasteiger partial charge in [-0.1, -0.05) is 15.9 Å². The van der Waals surface area contributed by atoms with E-state index >= 15 is 0 Å². The Hall–Kier alpha value is -2.54. The normalized spacial score (nSPS) is 10.8. The smallest absolute Gasteiger partial charge is 0.277 e. The highest BCUT2D eigenvalue weighted by Crippen LogP contribution is 2.27. The summed E-state index contributed by atoms with van der Waals surface area (Å²) in [6.07, 6.45) is 1.35. The number of rotatable bonds is 5. The number of aromatic hydroxyl groups is 2. The zero-order chi connectivity index (χ0) is 17.7. The van der Waals surface area contributed by atoms with Crippen LogP contribution in [-0.2, 0) is 4.79 Å². The van der Waals surface area contributed by atoms with Gasteiger partial charge in [0, 0.05) is 4.47 Å². The Bertz CT molecular complexity index is 767. The topological polar surface area (TPSA) is 91.2 Å². The van der Waals surface area contributed by atoms with E-state index in [2.05, 4.69) is 26.5 Å². The van der Waals surface area contributed by atoms with Gasteiger partial charge in [-0.15, -0.1) is 0 Å². The van der Waals surface area contributed by atoms with Crippen molar-refractivity contribution in [3.63, 3.8) is 0 Å². The molecule has 0 atom stereocenters. The number of benzene rings is 2. The van der Waals surface area contributed by atoms with E-state index < -0.39 is 5.91 Å². The molecular formula is C17H17BrN2O4. The van der Waals surface area contributed by atoms with Crippen molar-refractivity contribution >= 4 is 28.1 Å². The fourth-order valence-corrected chi connectivity index (χ4v) is 2.78. The average Bonchev–Trinajstić information content (AvgIpc) is 2.49. The zero-order valence-corrected chi connectivity index (χ0v) is 14.8. The van der Waals surface area contributed by atoms with Crippen LogP contribution in [0, 0.1) is 13.8 Å². The van der Waals surface area contributed by atoms with Gasteiger partial charge in [-0.3, -0.25) is 4.79 Å². The lowest BCUT2D eigenvalue weighted by atomic mass is 10.1. The second-order valence-corrected chi connectivity index (χ2v) is 6.11. The van der Waals surface area contributed by atoms with E-state index in [0.717, 1.165) is 15.6 Å². The monoisotopic (exact) mass is 392 g/mol. The first-order chi connectivity index (χ1) is 11.4. The second kappa shape index (κ2) is 7.83. The molecule has 2 aromatic rings. The van der Waals surface area contributed by atoms with E-state index in [9.17, 15) is 15.0 Å². The van der Waals surface area contributed by atoms with E-state index in [-0.39, 0.29) is 18.1 Å². The summed E-state index contributed by atoms with van der Waals surface area (Å²) in [4.78, 5) is 11.8. The van der Waals surface area contributed by atoms with Gasteiger partial charge in [0.2, 0.25) is 0 Å². The lowest BCUT2D eigenvalue weighted by Gasteiger charge is -2.11. The van der Waals surface area contributed by atoms with Gasteiger partial charge >= 0.3 is 0 Å². The van der Waals surface area contributed by atoms with Crippen LogP contribution in [0.3, 0.4) is 0 Å². The maximum Gasteiger partial charge on any atom is 0.277 e. The molecule has 0 aromatic heterocycles. The number of ether oxygens (including phenoxy) is 1. The SMILES string of the molecule is Cc1cc(Br)cc(C)c1OCC(=O)NN=Cc1ccc(O)c(O)c1. The van der Waals surface area contributed by atoms with Crippen molar-refractivity contribution in [2.75, 3.05) is 6.61 Å². The number of hydrogen-bond acceptors (Lipinski definition) is 5. The quantitative estimate of drug-likeness (QED) is 0.414. The van der Waals surface area contributed by atoms with E-state index in [1.165, 1.54) is 18.3 Å². The molecule has 0 heterocycles. The maximum absolute atomic E-state index is 11.8. The summed E-state index contributed by atoms with van der Waals surface area (Å²) in [5.74, 6) is -0.212. The Balaban J connectivity index is 1.90. The molecule has 3 N–H and O–H groups in total. The summed E-state index contributed by atoms with van der Waals surface area (Å²) in [6.45, 7) is 3.64. The fraction of sp³-hybridized carbons (Fsp3) is 0.176. The number of hydrogen-bond donors (Lipinski definition) is 3. The number of aryl methyl sites for hydroxylation is 2. The third-order valence-electron chi connectivity index (χ3n) is 3.18. The van der Waals surface area contributed by atoms with Crippen LogP contribution in [0.5, 0.6) is 17.2 Å². The lowest BCUT2D eigenvalue weighted by molar-refractivity contribution is -0.123. The predicted octanol–water partition coefficient (Wildman–Crippen LogP) is 3.01. The van der Waals surface area contributed by atoms with Crippen LogP contribution in [0.4, 0.5) is 0 Å². The number of amides is 1. The van der Waals surface area contributed by atoms with E-state index in [4.69, 9.17) is 4.74 Å². The standard InChI is InChI=1S/C17H17BrN2O4/c1-10-5-13(18)6-11(2)17(10)24-9-16(23)20-19-8-12-3-4-14(21)15(22)7-12/h3-8,21-22H,9H2,1-2H3,(H,20,23). The summed E-state index contributed by atoms with van der Waals surface area (Å²) >= 11 is 3.41. The lowest BCUT2D eigenvalue weighted by Crippen LogP contribution is -2.25. The molecule has 1 amide bonds. The van der Waals surface area contributed by atoms with Crippen LogP contribution in [0.25, 0.3) is 0 Å². The van der Waals surface area contributed by atoms with E-state index in [1.807, 2.05) is 26.0 Å². The number of phenolic OH excluding ortho intramolecular Hbond substituents is 2. The molecular weight excluding hydrogens is 376 g/mol. The number of carbonyl (C=O) groups is 1. The number of nitrogens with one attached hydrogen (secondary N) is 1. The molecule has 2 aromatic carbocycles. The van der Waals surface area contributed by atoms with Crippen molar-refractivity contribution in [3.05, 3.63) is 51.5 Å². The molecule has 2 rings (SSSR count). The zero-order valence-electron chi connectivity index (χ0n) is 13.2. The van der Waals surface area contributed by atoms with Crippen molar-refractivity contribution in [1.82, 2.24) is 5.43 Å². The van der Waals surface area contributed by atoms with Crippen molar-refractivity contribution in [2.24, 2.45) is 5.10 Å². The molecule has 0 fully saturated rings. The minimum atomic E-state index is -0.407. The van der Waals surface area contributed by atoms with Crippen molar-refractivity contribution in [1.29, 1.82) is 0 Å². The molecule has 0 aliphatic heterocycles. The molecule has 6 nitrogen and oxygen atoms in total. The molecule has 0 saturated carbocycles. The fourth-order valence-electron chi connectivity index (χ4n) is 2.09. The summed E-state index contributed by atoms with van der Waals surface area (Å²) in [6, 6.07) is 8.04. The molecule has 0 saturated heterocycles. The number of carbonyl (C=O) groups excluding carboxylic acids is 1. The number of halogens is 1. The van der Waals surface area contributed by atoms with Gasteiger partial charge in [0.05, 0.1) is 6.21 Å². The first kappa shape index (κ1) is 17.8.